The molecule has 12 heteroatoms. The highest BCUT2D eigenvalue weighted by Crippen LogP contribution is 2.25. The van der Waals surface area contributed by atoms with E-state index in [2.05, 4.69) is 4.98 Å². The van der Waals surface area contributed by atoms with Crippen LogP contribution in [0.3, 0.4) is 0 Å². The molecule has 7 nitrogen and oxygen atoms in total. The summed E-state index contributed by atoms with van der Waals surface area (Å²) in [6.07, 6.45) is 1.70. The summed E-state index contributed by atoms with van der Waals surface area (Å²) >= 11 is 0. The Morgan fingerprint density at radius 3 is 2.00 bits per heavy atom. The third-order valence-electron chi connectivity index (χ3n) is 5.13. The molecule has 0 fully saturated rings. The van der Waals surface area contributed by atoms with Gasteiger partial charge in [-0.1, -0.05) is 33.1 Å². The number of benzene rings is 1. The molecule has 0 atom stereocenters. The molecule has 0 radical (unpaired) electrons. The van der Waals surface area contributed by atoms with Gasteiger partial charge in [0.2, 0.25) is 11.7 Å². The van der Waals surface area contributed by atoms with E-state index >= 15 is 0 Å². The van der Waals surface area contributed by atoms with Crippen molar-refractivity contribution in [2.45, 2.75) is 58.9 Å². The lowest BCUT2D eigenvalue weighted by Gasteiger charge is -2.25. The van der Waals surface area contributed by atoms with Gasteiger partial charge in [-0.05, 0) is 12.8 Å². The molecule has 1 amide bonds. The highest BCUT2D eigenvalue weighted by molar-refractivity contribution is 5.96. The molecule has 0 aliphatic carbocycles. The van der Waals surface area contributed by atoms with E-state index in [-0.39, 0.29) is 18.9 Å². The lowest BCUT2D eigenvalue weighted by atomic mass is 10.1. The first-order chi connectivity index (χ1) is 15.6. The van der Waals surface area contributed by atoms with Gasteiger partial charge >= 0.3 is 5.69 Å². The molecule has 1 heterocycles. The van der Waals surface area contributed by atoms with Gasteiger partial charge in [-0.15, -0.1) is 0 Å². The number of nitrogen functional groups attached to an aromatic ring is 1. The fourth-order valence-corrected chi connectivity index (χ4v) is 3.31. The summed E-state index contributed by atoms with van der Waals surface area (Å²) in [5.74, 6) is -12.4. The average Bonchev–Trinajstić information content (AvgIpc) is 2.77. The van der Waals surface area contributed by atoms with Gasteiger partial charge < -0.3 is 10.6 Å². The number of hydrogen-bond acceptors (Lipinski definition) is 4. The zero-order valence-electron chi connectivity index (χ0n) is 18.2. The quantitative estimate of drug-likeness (QED) is 0.238. The molecule has 33 heavy (non-hydrogen) atoms. The molecule has 0 aliphatic rings. The van der Waals surface area contributed by atoms with Gasteiger partial charge in [0.1, 0.15) is 5.82 Å². The van der Waals surface area contributed by atoms with Crippen LogP contribution in [0.1, 0.15) is 51.5 Å². The largest absolute Gasteiger partial charge is 0.383 e. The van der Waals surface area contributed by atoms with Crippen LogP contribution in [0, 0.1) is 29.1 Å². The SMILES string of the molecule is CCCCCN(C(=O)Cc1c(F)c(F)c(F)c(F)c1F)c1c(N)n(CCCC)c(=O)[nH]c1=O. The number of halogens is 5. The molecule has 1 aromatic heterocycles. The van der Waals surface area contributed by atoms with Crippen molar-refractivity contribution >= 4 is 17.4 Å². The van der Waals surface area contributed by atoms with E-state index in [1.165, 1.54) is 0 Å². The monoisotopic (exact) mass is 476 g/mol. The number of carbonyl (C=O) groups is 1. The Hall–Kier alpha value is -3.18. The van der Waals surface area contributed by atoms with E-state index in [0.717, 1.165) is 15.9 Å². The second kappa shape index (κ2) is 11.1. The van der Waals surface area contributed by atoms with Crippen molar-refractivity contribution in [1.82, 2.24) is 9.55 Å². The Balaban J connectivity index is 2.58. The van der Waals surface area contributed by atoms with Crippen molar-refractivity contribution < 1.29 is 26.7 Å². The van der Waals surface area contributed by atoms with Gasteiger partial charge in [-0.3, -0.25) is 19.1 Å². The van der Waals surface area contributed by atoms with E-state index in [0.29, 0.717) is 25.7 Å². The van der Waals surface area contributed by atoms with Crippen LogP contribution >= 0.6 is 0 Å². The molecule has 2 aromatic rings. The summed E-state index contributed by atoms with van der Waals surface area (Å²) in [6.45, 7) is 3.74. The number of hydrogen-bond donors (Lipinski definition) is 2. The summed E-state index contributed by atoms with van der Waals surface area (Å²) in [5, 5.41) is 0. The maximum atomic E-state index is 14.1. The van der Waals surface area contributed by atoms with Crippen molar-refractivity contribution in [1.29, 1.82) is 0 Å². The maximum Gasteiger partial charge on any atom is 0.330 e. The zero-order chi connectivity index (χ0) is 24.9. The molecular weight excluding hydrogens is 451 g/mol. The number of aromatic amines is 1. The normalized spacial score (nSPS) is 11.1. The van der Waals surface area contributed by atoms with E-state index in [1.54, 1.807) is 0 Å². The molecule has 1 aromatic carbocycles. The third-order valence-corrected chi connectivity index (χ3v) is 5.13. The first kappa shape index (κ1) is 26.1. The number of H-pyrrole nitrogens is 1. The summed E-state index contributed by atoms with van der Waals surface area (Å²) in [5.41, 5.74) is 2.47. The molecule has 0 saturated heterocycles. The van der Waals surface area contributed by atoms with Gasteiger partial charge in [0.15, 0.2) is 29.0 Å². The van der Waals surface area contributed by atoms with E-state index in [4.69, 9.17) is 5.73 Å². The predicted octanol–water partition coefficient (Wildman–Crippen LogP) is 3.38. The standard InChI is InChI=1S/C21H25F5N4O3/c1-3-5-7-9-29(18-19(27)30(8-6-4-2)21(33)28-20(18)32)12(31)10-11-13(22)15(24)17(26)16(25)14(11)23/h3-10,27H2,1-2H3,(H,28,32,33). The Labute approximate surface area is 186 Å². The van der Waals surface area contributed by atoms with Crippen LogP contribution in [0.5, 0.6) is 0 Å². The Morgan fingerprint density at radius 2 is 1.45 bits per heavy atom. The number of anilines is 2. The number of nitrogens with two attached hydrogens (primary N) is 1. The van der Waals surface area contributed by atoms with Crippen LogP contribution in [0.15, 0.2) is 9.59 Å². The van der Waals surface area contributed by atoms with Gasteiger partial charge in [0.05, 0.1) is 6.42 Å². The predicted molar refractivity (Wildman–Crippen MR) is 112 cm³/mol. The van der Waals surface area contributed by atoms with Crippen LogP contribution in [0.2, 0.25) is 0 Å². The zero-order valence-corrected chi connectivity index (χ0v) is 18.2. The number of carbonyl (C=O) groups excluding carboxylic acids is 1. The van der Waals surface area contributed by atoms with Crippen LogP contribution in [-0.2, 0) is 17.8 Å². The Bertz CT molecular complexity index is 1120. The summed E-state index contributed by atoms with van der Waals surface area (Å²) < 4.78 is 69.8. The lowest BCUT2D eigenvalue weighted by molar-refractivity contribution is -0.118. The number of nitrogens with one attached hydrogen (secondary N) is 1. The Morgan fingerprint density at radius 1 is 0.909 bits per heavy atom. The third kappa shape index (κ3) is 5.42. The number of unbranched alkanes of at least 4 members (excludes halogenated alkanes) is 3. The number of rotatable bonds is 10. The number of aromatic nitrogens is 2. The van der Waals surface area contributed by atoms with Gasteiger partial charge in [-0.2, -0.15) is 0 Å². The van der Waals surface area contributed by atoms with Gasteiger partial charge in [0.25, 0.3) is 5.56 Å². The first-order valence-electron chi connectivity index (χ1n) is 10.5. The molecule has 0 aliphatic heterocycles. The molecule has 0 saturated carbocycles. The molecule has 2 rings (SSSR count). The molecule has 0 bridgehead atoms. The van der Waals surface area contributed by atoms with E-state index < -0.39 is 63.9 Å². The highest BCUT2D eigenvalue weighted by atomic mass is 19.2. The highest BCUT2D eigenvalue weighted by Gasteiger charge is 2.30. The van der Waals surface area contributed by atoms with Crippen molar-refractivity contribution in [2.75, 3.05) is 17.2 Å². The topological polar surface area (TPSA) is 101 Å². The second-order valence-electron chi connectivity index (χ2n) is 7.48. The molecule has 3 N–H and O–H groups in total. The molecule has 182 valence electrons. The number of nitrogens with zero attached hydrogens (tertiary/aromatic N) is 2. The van der Waals surface area contributed by atoms with Crippen molar-refractivity contribution in [3.8, 4) is 0 Å². The molecular formula is C21H25F5N4O3. The van der Waals surface area contributed by atoms with Crippen molar-refractivity contribution in [3.05, 3.63) is 55.5 Å². The molecule has 0 unspecified atom stereocenters. The summed E-state index contributed by atoms with van der Waals surface area (Å²) in [7, 11) is 0. The maximum absolute atomic E-state index is 14.1. The Kier molecular flexibility index (Phi) is 8.77. The summed E-state index contributed by atoms with van der Waals surface area (Å²) in [6, 6.07) is 0. The fourth-order valence-electron chi connectivity index (χ4n) is 3.31. The summed E-state index contributed by atoms with van der Waals surface area (Å²) in [4.78, 5) is 40.6. The van der Waals surface area contributed by atoms with Gasteiger partial charge in [0, 0.05) is 18.7 Å². The van der Waals surface area contributed by atoms with E-state index in [1.807, 2.05) is 13.8 Å². The van der Waals surface area contributed by atoms with E-state index in [9.17, 15) is 36.3 Å². The lowest BCUT2D eigenvalue weighted by Crippen LogP contribution is -2.42. The smallest absolute Gasteiger partial charge is 0.330 e. The minimum Gasteiger partial charge on any atom is -0.383 e. The van der Waals surface area contributed by atoms with Crippen molar-refractivity contribution in [3.63, 3.8) is 0 Å². The minimum atomic E-state index is -2.34. The van der Waals surface area contributed by atoms with Gasteiger partial charge in [-0.25, -0.2) is 26.7 Å². The van der Waals surface area contributed by atoms with Crippen LogP contribution < -0.4 is 21.9 Å². The minimum absolute atomic E-state index is 0.124. The first-order valence-corrected chi connectivity index (χ1v) is 10.5. The second-order valence-corrected chi connectivity index (χ2v) is 7.48. The van der Waals surface area contributed by atoms with Crippen molar-refractivity contribution in [2.24, 2.45) is 0 Å². The van der Waals surface area contributed by atoms with Crippen LogP contribution in [0.25, 0.3) is 0 Å². The number of amides is 1. The van der Waals surface area contributed by atoms with Crippen LogP contribution in [0.4, 0.5) is 33.5 Å². The van der Waals surface area contributed by atoms with Crippen LogP contribution in [-0.4, -0.2) is 22.0 Å². The molecule has 0 spiro atoms. The average molecular weight is 476 g/mol. The fraction of sp³-hybridized carbons (Fsp3) is 0.476.